The van der Waals surface area contributed by atoms with Gasteiger partial charge in [0, 0.05) is 56.3 Å². The summed E-state index contributed by atoms with van der Waals surface area (Å²) in [6.45, 7) is 11.7. The number of nitrogen functional groups attached to an aromatic ring is 1. The summed E-state index contributed by atoms with van der Waals surface area (Å²) in [5.74, 6) is -1.51. The molecular formula is C29H44F2N4O5SSi. The minimum absolute atomic E-state index is 0.00332. The van der Waals surface area contributed by atoms with Crippen molar-refractivity contribution in [2.45, 2.75) is 68.8 Å². The van der Waals surface area contributed by atoms with Crippen molar-refractivity contribution < 1.29 is 32.6 Å². The number of carbonyl (C=O) groups excluding carboxylic acids is 2. The number of halogens is 2. The van der Waals surface area contributed by atoms with Gasteiger partial charge >= 0.3 is 6.09 Å². The number of ether oxygens (including phenoxy) is 3. The molecule has 1 aliphatic carbocycles. The van der Waals surface area contributed by atoms with Gasteiger partial charge in [-0.25, -0.2) is 23.5 Å². The number of rotatable bonds is 12. The average molecular weight is 627 g/mol. The molecular weight excluding hydrogens is 582 g/mol. The van der Waals surface area contributed by atoms with Crippen molar-refractivity contribution in [3.05, 3.63) is 41.7 Å². The van der Waals surface area contributed by atoms with E-state index in [9.17, 15) is 9.59 Å². The van der Waals surface area contributed by atoms with E-state index in [4.69, 9.17) is 24.9 Å². The standard InChI is InChI=1S/C29H44F2N4O5SSi/c1-27(2,3)40-26(37)35(19-39-14-15-42(5,6)7)25-34-29(18-30,21-16-20(32)8-9-22(21)31)23-17-28(23,41-25)11-10-24(36)33-12-13-38-4/h8-11,16,23H,12-15,17-19,32H2,1-7H3,(H,33,36)/b11-10+/t23-,28+,29-/m1/s1. The van der Waals surface area contributed by atoms with Crippen LogP contribution < -0.4 is 11.1 Å². The maximum atomic E-state index is 15.3. The summed E-state index contributed by atoms with van der Waals surface area (Å²) < 4.78 is 46.4. The molecule has 0 unspecified atom stereocenters. The maximum Gasteiger partial charge on any atom is 0.418 e. The molecule has 0 bridgehead atoms. The van der Waals surface area contributed by atoms with Crippen molar-refractivity contribution >= 4 is 42.7 Å². The van der Waals surface area contributed by atoms with E-state index in [0.29, 0.717) is 26.2 Å². The van der Waals surface area contributed by atoms with Crippen LogP contribution in [0.5, 0.6) is 0 Å². The van der Waals surface area contributed by atoms with Gasteiger partial charge in [-0.1, -0.05) is 37.5 Å². The van der Waals surface area contributed by atoms with Crippen LogP contribution in [0, 0.1) is 11.7 Å². The van der Waals surface area contributed by atoms with Gasteiger partial charge in [0.2, 0.25) is 5.91 Å². The van der Waals surface area contributed by atoms with Crippen molar-refractivity contribution in [3.8, 4) is 0 Å². The number of methoxy groups -OCH3 is 1. The molecule has 1 fully saturated rings. The fourth-order valence-corrected chi connectivity index (χ4v) is 6.89. The first-order chi connectivity index (χ1) is 19.6. The Balaban J connectivity index is 2.06. The number of nitrogens with one attached hydrogen (secondary N) is 1. The number of benzene rings is 1. The molecule has 1 aliphatic heterocycles. The molecule has 0 radical (unpaired) electrons. The van der Waals surface area contributed by atoms with Crippen LogP contribution in [0.4, 0.5) is 19.3 Å². The van der Waals surface area contributed by atoms with Gasteiger partial charge < -0.3 is 25.3 Å². The summed E-state index contributed by atoms with van der Waals surface area (Å²) >= 11 is 1.22. The second-order valence-corrected chi connectivity index (χ2v) is 19.8. The Kier molecular flexibility index (Phi) is 10.9. The number of aliphatic imine (C=N–C) groups is 1. The van der Waals surface area contributed by atoms with Gasteiger partial charge in [-0.2, -0.15) is 0 Å². The Morgan fingerprint density at radius 1 is 1.29 bits per heavy atom. The molecule has 0 saturated heterocycles. The Morgan fingerprint density at radius 2 is 2.00 bits per heavy atom. The lowest BCUT2D eigenvalue weighted by molar-refractivity contribution is -0.116. The molecule has 0 aromatic heterocycles. The minimum Gasteiger partial charge on any atom is -0.443 e. The van der Waals surface area contributed by atoms with Crippen molar-refractivity contribution in [1.29, 1.82) is 0 Å². The Labute approximate surface area is 252 Å². The summed E-state index contributed by atoms with van der Waals surface area (Å²) in [7, 11) is 0.112. The maximum absolute atomic E-state index is 15.3. The van der Waals surface area contributed by atoms with Crippen LogP contribution in [0.2, 0.25) is 25.7 Å². The quantitative estimate of drug-likeness (QED) is 0.106. The largest absolute Gasteiger partial charge is 0.443 e. The minimum atomic E-state index is -1.69. The molecule has 234 valence electrons. The molecule has 1 heterocycles. The zero-order chi connectivity index (χ0) is 31.3. The third-order valence-electron chi connectivity index (χ3n) is 6.95. The van der Waals surface area contributed by atoms with Crippen molar-refractivity contribution in [2.24, 2.45) is 10.9 Å². The number of hydrogen-bond donors (Lipinski definition) is 2. The molecule has 2 aliphatic rings. The number of alkyl halides is 1. The molecule has 1 aromatic carbocycles. The van der Waals surface area contributed by atoms with Gasteiger partial charge in [-0.3, -0.25) is 4.79 Å². The average Bonchev–Trinajstić information content (AvgIpc) is 3.62. The normalized spacial score (nSPS) is 23.7. The number of fused-ring (bicyclic) bond motifs is 1. The third-order valence-corrected chi connectivity index (χ3v) is 10.1. The van der Waals surface area contributed by atoms with E-state index in [1.165, 1.54) is 48.0 Å². The molecule has 1 aromatic rings. The first-order valence-corrected chi connectivity index (χ1v) is 18.5. The second kappa shape index (κ2) is 13.4. The van der Waals surface area contributed by atoms with Gasteiger partial charge in [0.1, 0.15) is 30.4 Å². The number of amidine groups is 1. The van der Waals surface area contributed by atoms with E-state index in [1.807, 2.05) is 0 Å². The zero-order valence-electron chi connectivity index (χ0n) is 25.6. The molecule has 3 rings (SSSR count). The van der Waals surface area contributed by atoms with Crippen molar-refractivity contribution in [1.82, 2.24) is 10.2 Å². The summed E-state index contributed by atoms with van der Waals surface area (Å²) in [6, 6.07) is 4.84. The summed E-state index contributed by atoms with van der Waals surface area (Å²) in [6.07, 6.45) is 2.74. The highest BCUT2D eigenvalue weighted by atomic mass is 32.2. The smallest absolute Gasteiger partial charge is 0.418 e. The highest BCUT2D eigenvalue weighted by molar-refractivity contribution is 8.15. The van der Waals surface area contributed by atoms with Gasteiger partial charge in [-0.05, 0) is 51.4 Å². The lowest BCUT2D eigenvalue weighted by atomic mass is 9.84. The number of amides is 2. The summed E-state index contributed by atoms with van der Waals surface area (Å²) in [5.41, 5.74) is 3.74. The fourth-order valence-electron chi connectivity index (χ4n) is 4.63. The fraction of sp³-hybridized carbons (Fsp3) is 0.621. The Hall–Kier alpha value is -2.48. The first-order valence-electron chi connectivity index (χ1n) is 14.0. The molecule has 42 heavy (non-hydrogen) atoms. The number of carbonyl (C=O) groups is 2. The van der Waals surface area contributed by atoms with Crippen LogP contribution in [-0.2, 0) is 24.5 Å². The number of nitrogens with two attached hydrogens (primary N) is 1. The van der Waals surface area contributed by atoms with Crippen LogP contribution in [0.3, 0.4) is 0 Å². The van der Waals surface area contributed by atoms with Gasteiger partial charge in [0.25, 0.3) is 0 Å². The predicted octanol–water partition coefficient (Wildman–Crippen LogP) is 5.30. The lowest BCUT2D eigenvalue weighted by Crippen LogP contribution is -2.47. The highest BCUT2D eigenvalue weighted by Crippen LogP contribution is 2.67. The van der Waals surface area contributed by atoms with Crippen LogP contribution >= 0.6 is 11.8 Å². The van der Waals surface area contributed by atoms with E-state index in [1.54, 1.807) is 26.8 Å². The van der Waals surface area contributed by atoms with Gasteiger partial charge in [0.05, 0.1) is 6.61 Å². The molecule has 1 saturated carbocycles. The van der Waals surface area contributed by atoms with E-state index in [0.717, 1.165) is 6.04 Å². The molecule has 2 amide bonds. The molecule has 13 heteroatoms. The topological polar surface area (TPSA) is 115 Å². The van der Waals surface area contributed by atoms with Crippen LogP contribution in [0.15, 0.2) is 35.3 Å². The van der Waals surface area contributed by atoms with E-state index in [2.05, 4.69) is 25.0 Å². The number of nitrogens with zero attached hydrogens (tertiary/aromatic N) is 2. The second-order valence-electron chi connectivity index (χ2n) is 12.9. The monoisotopic (exact) mass is 626 g/mol. The molecule has 9 nitrogen and oxygen atoms in total. The number of thioether (sulfide) groups is 1. The van der Waals surface area contributed by atoms with E-state index in [-0.39, 0.29) is 29.1 Å². The van der Waals surface area contributed by atoms with Crippen molar-refractivity contribution in [2.75, 3.05) is 46.0 Å². The van der Waals surface area contributed by atoms with Gasteiger partial charge in [-0.15, -0.1) is 0 Å². The van der Waals surface area contributed by atoms with E-state index >= 15 is 8.78 Å². The van der Waals surface area contributed by atoms with Crippen LogP contribution in [0.1, 0.15) is 32.8 Å². The Morgan fingerprint density at radius 3 is 2.62 bits per heavy atom. The molecule has 3 N–H and O–H groups in total. The van der Waals surface area contributed by atoms with E-state index < -0.39 is 48.5 Å². The first kappa shape index (κ1) is 34.0. The lowest BCUT2D eigenvalue weighted by Gasteiger charge is -2.38. The molecule has 3 atom stereocenters. The van der Waals surface area contributed by atoms with Crippen LogP contribution in [-0.4, -0.2) is 80.8 Å². The predicted molar refractivity (Wildman–Crippen MR) is 165 cm³/mol. The SMILES string of the molecule is COCCNC(=O)/C=C/[C@]12C[C@H]1[C@@](CF)(c1cc(N)ccc1F)N=C(N(COCC[Si](C)(C)C)C(=O)OC(C)(C)C)S2. The summed E-state index contributed by atoms with van der Waals surface area (Å²) in [5, 5.41) is 2.84. The number of hydrogen-bond acceptors (Lipinski definition) is 8. The van der Waals surface area contributed by atoms with Crippen molar-refractivity contribution in [3.63, 3.8) is 0 Å². The third kappa shape index (κ3) is 8.54. The zero-order valence-corrected chi connectivity index (χ0v) is 27.4. The van der Waals surface area contributed by atoms with Gasteiger partial charge in [0.15, 0.2) is 5.17 Å². The highest BCUT2D eigenvalue weighted by Gasteiger charge is 2.68. The van der Waals surface area contributed by atoms with Crippen LogP contribution in [0.25, 0.3) is 0 Å². The molecule has 0 spiro atoms. The summed E-state index contributed by atoms with van der Waals surface area (Å²) in [4.78, 5) is 32.0. The Bertz CT molecular complexity index is 1210. The number of anilines is 1.